The molecule has 33 heavy (non-hydrogen) atoms. The minimum atomic E-state index is -0.635. The van der Waals surface area contributed by atoms with E-state index in [2.05, 4.69) is 22.2 Å². The lowest BCUT2D eigenvalue weighted by atomic mass is 10.0. The van der Waals surface area contributed by atoms with Crippen LogP contribution in [-0.2, 0) is 4.79 Å². The highest BCUT2D eigenvalue weighted by Crippen LogP contribution is 2.38. The van der Waals surface area contributed by atoms with Crippen LogP contribution in [-0.4, -0.2) is 73.3 Å². The van der Waals surface area contributed by atoms with E-state index in [1.807, 2.05) is 9.80 Å². The zero-order valence-corrected chi connectivity index (χ0v) is 19.6. The molecule has 1 aromatic carbocycles. The number of hydrogen-bond acceptors (Lipinski definition) is 8. The molecule has 0 spiro atoms. The van der Waals surface area contributed by atoms with Crippen molar-refractivity contribution in [2.75, 3.05) is 51.0 Å². The number of anilines is 2. The van der Waals surface area contributed by atoms with Crippen LogP contribution in [0, 0.1) is 5.82 Å². The fraction of sp³-hybridized carbons (Fsp3) is 0.609. The van der Waals surface area contributed by atoms with Crippen molar-refractivity contribution in [2.24, 2.45) is 0 Å². The van der Waals surface area contributed by atoms with E-state index in [1.54, 1.807) is 6.07 Å². The predicted octanol–water partition coefficient (Wildman–Crippen LogP) is 2.33. The third kappa shape index (κ3) is 4.62. The highest BCUT2D eigenvalue weighted by molar-refractivity contribution is 5.92. The van der Waals surface area contributed by atoms with Crippen LogP contribution in [0.15, 0.2) is 6.07 Å². The molecule has 180 valence electrons. The molecule has 2 aromatic rings. The summed E-state index contributed by atoms with van der Waals surface area (Å²) in [6.07, 6.45) is 4.72. The molecule has 2 atom stereocenters. The van der Waals surface area contributed by atoms with Gasteiger partial charge in [-0.15, -0.1) is 0 Å². The van der Waals surface area contributed by atoms with Gasteiger partial charge in [0.1, 0.15) is 11.3 Å². The number of fused-ring (bicyclic) bond motifs is 1. The quantitative estimate of drug-likeness (QED) is 0.677. The van der Waals surface area contributed by atoms with Gasteiger partial charge in [0.2, 0.25) is 11.9 Å². The predicted molar refractivity (Wildman–Crippen MR) is 125 cm³/mol. The summed E-state index contributed by atoms with van der Waals surface area (Å²) in [5, 5.41) is 3.82. The molecule has 2 saturated heterocycles. The van der Waals surface area contributed by atoms with Gasteiger partial charge >= 0.3 is 0 Å². The minimum Gasteiger partial charge on any atom is -0.493 e. The second-order valence-corrected chi connectivity index (χ2v) is 8.68. The summed E-state index contributed by atoms with van der Waals surface area (Å²) in [6.45, 7) is 4.75. The largest absolute Gasteiger partial charge is 0.493 e. The van der Waals surface area contributed by atoms with Crippen molar-refractivity contribution in [2.45, 2.75) is 51.1 Å². The third-order valence-electron chi connectivity index (χ3n) is 6.69. The number of carbonyl (C=O) groups is 1. The average Bonchev–Trinajstić information content (AvgIpc) is 2.84. The molecule has 1 aromatic heterocycles. The number of aromatic nitrogens is 2. The monoisotopic (exact) mass is 460 g/mol. The number of piperidine rings is 1. The Hall–Kier alpha value is -2.88. The maximum Gasteiger partial charge on any atom is 0.228 e. The van der Waals surface area contributed by atoms with Crippen LogP contribution in [0.4, 0.5) is 16.2 Å². The van der Waals surface area contributed by atoms with Gasteiger partial charge in [-0.25, -0.2) is 9.37 Å². The minimum absolute atomic E-state index is 0.0158. The number of rotatable bonds is 6. The molecule has 3 N–H and O–H groups in total. The zero-order chi connectivity index (χ0) is 23.5. The molecule has 1 amide bonds. The molecule has 0 saturated carbocycles. The van der Waals surface area contributed by atoms with Crippen molar-refractivity contribution < 1.29 is 18.7 Å². The summed E-state index contributed by atoms with van der Waals surface area (Å²) in [5.74, 6) is 0.286. The van der Waals surface area contributed by atoms with Crippen molar-refractivity contribution in [3.8, 4) is 11.5 Å². The Morgan fingerprint density at radius 1 is 1.27 bits per heavy atom. The van der Waals surface area contributed by atoms with Gasteiger partial charge in [-0.1, -0.05) is 13.3 Å². The second-order valence-electron chi connectivity index (χ2n) is 8.68. The van der Waals surface area contributed by atoms with E-state index in [0.29, 0.717) is 37.4 Å². The highest BCUT2D eigenvalue weighted by Gasteiger charge is 2.32. The van der Waals surface area contributed by atoms with Gasteiger partial charge in [0.15, 0.2) is 17.3 Å². The molecule has 0 bridgehead atoms. The van der Waals surface area contributed by atoms with E-state index in [9.17, 15) is 4.79 Å². The first-order valence-electron chi connectivity index (χ1n) is 11.6. The first-order valence-corrected chi connectivity index (χ1v) is 11.6. The molecule has 3 heterocycles. The number of nitrogens with zero attached hydrogens (tertiary/aromatic N) is 4. The van der Waals surface area contributed by atoms with E-state index < -0.39 is 5.82 Å². The van der Waals surface area contributed by atoms with Crippen molar-refractivity contribution in [3.63, 3.8) is 0 Å². The van der Waals surface area contributed by atoms with Crippen LogP contribution >= 0.6 is 0 Å². The van der Waals surface area contributed by atoms with Crippen LogP contribution in [0.1, 0.15) is 39.0 Å². The molecule has 4 rings (SSSR count). The molecule has 0 unspecified atom stereocenters. The smallest absolute Gasteiger partial charge is 0.228 e. The molecule has 2 fully saturated rings. The van der Waals surface area contributed by atoms with Crippen LogP contribution in [0.25, 0.3) is 10.9 Å². The number of nitrogens with two attached hydrogens (primary N) is 1. The van der Waals surface area contributed by atoms with Crippen LogP contribution in [0.3, 0.4) is 0 Å². The SMILES string of the molecule is CC[C@H]1CN(C(=O)C[C@@H]2CCCCN2)CCN1c1nc(N)c2cc(OC)c(OC)c(F)c2n1. The molecule has 2 aliphatic heterocycles. The molecular formula is C23H33FN6O3. The van der Waals surface area contributed by atoms with Crippen molar-refractivity contribution >= 4 is 28.6 Å². The Morgan fingerprint density at radius 2 is 2.09 bits per heavy atom. The molecule has 10 heteroatoms. The Labute approximate surface area is 193 Å². The van der Waals surface area contributed by atoms with Crippen molar-refractivity contribution in [3.05, 3.63) is 11.9 Å². The number of hydrogen-bond donors (Lipinski definition) is 2. The standard InChI is InChI=1S/C23H33FN6O3/c1-4-15-13-29(18(31)11-14-7-5-6-8-26-14)9-10-30(15)23-27-20-16(22(25)28-23)12-17(32-2)21(33-3)19(20)24/h12,14-15,26H,4-11,13H2,1-3H3,(H2,25,27,28)/t14-,15-/m0/s1. The van der Waals surface area contributed by atoms with Gasteiger partial charge < -0.3 is 30.3 Å². The van der Waals surface area contributed by atoms with E-state index in [0.717, 1.165) is 19.4 Å². The number of benzene rings is 1. The summed E-state index contributed by atoms with van der Waals surface area (Å²) in [7, 11) is 2.82. The van der Waals surface area contributed by atoms with Gasteiger partial charge in [-0.3, -0.25) is 4.79 Å². The number of amides is 1. The maximum atomic E-state index is 15.2. The second kappa shape index (κ2) is 9.94. The van der Waals surface area contributed by atoms with Crippen LogP contribution < -0.4 is 25.4 Å². The summed E-state index contributed by atoms with van der Waals surface area (Å²) in [5.41, 5.74) is 6.29. The fourth-order valence-electron chi connectivity index (χ4n) is 4.80. The summed E-state index contributed by atoms with van der Waals surface area (Å²) < 4.78 is 25.6. The number of nitrogen functional groups attached to an aromatic ring is 1. The lowest BCUT2D eigenvalue weighted by Crippen LogP contribution is -2.56. The van der Waals surface area contributed by atoms with Gasteiger partial charge in [0.05, 0.1) is 14.2 Å². The van der Waals surface area contributed by atoms with Crippen molar-refractivity contribution in [1.29, 1.82) is 0 Å². The number of ether oxygens (including phenoxy) is 2. The summed E-state index contributed by atoms with van der Waals surface area (Å²) in [6, 6.07) is 1.87. The molecule has 9 nitrogen and oxygen atoms in total. The van der Waals surface area contributed by atoms with Gasteiger partial charge in [0, 0.05) is 43.5 Å². The first-order chi connectivity index (χ1) is 16.0. The van der Waals surface area contributed by atoms with Crippen molar-refractivity contribution in [1.82, 2.24) is 20.2 Å². The van der Waals surface area contributed by atoms with Gasteiger partial charge in [-0.2, -0.15) is 4.98 Å². The Morgan fingerprint density at radius 3 is 2.76 bits per heavy atom. The lowest BCUT2D eigenvalue weighted by molar-refractivity contribution is -0.132. The van der Waals surface area contributed by atoms with Gasteiger partial charge in [0.25, 0.3) is 0 Å². The molecular weight excluding hydrogens is 427 g/mol. The van der Waals surface area contributed by atoms with E-state index in [1.165, 1.54) is 27.1 Å². The Balaban J connectivity index is 1.56. The highest BCUT2D eigenvalue weighted by atomic mass is 19.1. The Kier molecular flexibility index (Phi) is 7.02. The van der Waals surface area contributed by atoms with Crippen LogP contribution in [0.2, 0.25) is 0 Å². The summed E-state index contributed by atoms with van der Waals surface area (Å²) in [4.78, 5) is 25.9. The van der Waals surface area contributed by atoms with Gasteiger partial charge in [-0.05, 0) is 31.9 Å². The first kappa shape index (κ1) is 23.3. The maximum absolute atomic E-state index is 15.2. The number of carbonyl (C=O) groups excluding carboxylic acids is 1. The molecule has 0 aliphatic carbocycles. The van der Waals surface area contributed by atoms with E-state index >= 15 is 4.39 Å². The van der Waals surface area contributed by atoms with E-state index in [-0.39, 0.29) is 40.8 Å². The normalized spacial score (nSPS) is 21.3. The molecule has 2 aliphatic rings. The Bertz CT molecular complexity index is 1010. The van der Waals surface area contributed by atoms with E-state index in [4.69, 9.17) is 15.2 Å². The van der Waals surface area contributed by atoms with Crippen LogP contribution in [0.5, 0.6) is 11.5 Å². The third-order valence-corrected chi connectivity index (χ3v) is 6.69. The number of halogens is 1. The number of nitrogens with one attached hydrogen (secondary N) is 1. The zero-order valence-electron chi connectivity index (χ0n) is 19.6. The lowest BCUT2D eigenvalue weighted by Gasteiger charge is -2.41. The summed E-state index contributed by atoms with van der Waals surface area (Å²) >= 11 is 0. The molecule has 0 radical (unpaired) electrons. The average molecular weight is 461 g/mol. The number of methoxy groups -OCH3 is 2. The number of piperazine rings is 1. The topological polar surface area (TPSA) is 106 Å². The fourth-order valence-corrected chi connectivity index (χ4v) is 4.80.